The summed E-state index contributed by atoms with van der Waals surface area (Å²) in [4.78, 5) is 29.9. The Bertz CT molecular complexity index is 1360. The highest BCUT2D eigenvalue weighted by Gasteiger charge is 2.17. The Balaban J connectivity index is 1.54. The zero-order valence-corrected chi connectivity index (χ0v) is 18.7. The number of benzene rings is 3. The van der Waals surface area contributed by atoms with Crippen LogP contribution in [0.1, 0.15) is 18.9 Å². The van der Waals surface area contributed by atoms with Crippen LogP contribution in [-0.2, 0) is 11.2 Å². The molecule has 4 rings (SSSR count). The molecule has 0 spiro atoms. The number of hydrogen-bond donors (Lipinski definition) is 2. The van der Waals surface area contributed by atoms with Crippen LogP contribution in [0.4, 0.5) is 20.7 Å². The van der Waals surface area contributed by atoms with E-state index in [2.05, 4.69) is 10.3 Å². The second-order valence-corrected chi connectivity index (χ2v) is 7.82. The summed E-state index contributed by atoms with van der Waals surface area (Å²) in [7, 11) is 0. The van der Waals surface area contributed by atoms with Gasteiger partial charge in [-0.3, -0.25) is 9.69 Å². The van der Waals surface area contributed by atoms with E-state index in [0.717, 1.165) is 10.8 Å². The number of amides is 2. The summed E-state index contributed by atoms with van der Waals surface area (Å²) in [6.45, 7) is 2.24. The van der Waals surface area contributed by atoms with Gasteiger partial charge in [0.1, 0.15) is 11.6 Å². The standard InChI is InChI=1S/C27H24FN3O3/c1-2-31(27(34)29-22-14-12-18-6-3-4-7-20(18)16-22)25-9-5-8-24(30-25)21-11-10-19(23(28)17-21)13-15-26(32)33/h3-12,14,16-17H,2,13,15H2,1H3,(H,29,34)(H,32,33). The maximum absolute atomic E-state index is 14.5. The van der Waals surface area contributed by atoms with Crippen molar-refractivity contribution in [3.63, 3.8) is 0 Å². The van der Waals surface area contributed by atoms with Crippen molar-refractivity contribution in [2.45, 2.75) is 19.8 Å². The molecule has 0 fully saturated rings. The van der Waals surface area contributed by atoms with Gasteiger partial charge >= 0.3 is 12.0 Å². The molecule has 1 aromatic heterocycles. The topological polar surface area (TPSA) is 82.5 Å². The predicted octanol–water partition coefficient (Wildman–Crippen LogP) is 6.12. The summed E-state index contributed by atoms with van der Waals surface area (Å²) in [5, 5.41) is 13.9. The number of aromatic nitrogens is 1. The second-order valence-electron chi connectivity index (χ2n) is 7.82. The smallest absolute Gasteiger partial charge is 0.327 e. The summed E-state index contributed by atoms with van der Waals surface area (Å²) in [6.07, 6.45) is -0.0186. The highest BCUT2D eigenvalue weighted by atomic mass is 19.1. The lowest BCUT2D eigenvalue weighted by Gasteiger charge is -2.21. The molecule has 7 heteroatoms. The minimum atomic E-state index is -0.973. The summed E-state index contributed by atoms with van der Waals surface area (Å²) in [6, 6.07) is 23.2. The van der Waals surface area contributed by atoms with Crippen molar-refractivity contribution in [1.29, 1.82) is 0 Å². The molecule has 0 unspecified atom stereocenters. The maximum Gasteiger partial charge on any atom is 0.327 e. The number of carbonyl (C=O) groups is 2. The van der Waals surface area contributed by atoms with Gasteiger partial charge in [-0.2, -0.15) is 0 Å². The van der Waals surface area contributed by atoms with E-state index in [4.69, 9.17) is 5.11 Å². The molecule has 0 atom stereocenters. The molecule has 6 nitrogen and oxygen atoms in total. The number of halogens is 1. The van der Waals surface area contributed by atoms with Gasteiger partial charge in [-0.05, 0) is 60.0 Å². The molecule has 34 heavy (non-hydrogen) atoms. The van der Waals surface area contributed by atoms with Gasteiger partial charge in [0.05, 0.1) is 5.69 Å². The Morgan fingerprint density at radius 2 is 1.76 bits per heavy atom. The Morgan fingerprint density at radius 3 is 2.50 bits per heavy atom. The number of pyridine rings is 1. The van der Waals surface area contributed by atoms with E-state index in [1.54, 1.807) is 30.3 Å². The highest BCUT2D eigenvalue weighted by Crippen LogP contribution is 2.25. The van der Waals surface area contributed by atoms with Crippen molar-refractivity contribution in [2.24, 2.45) is 0 Å². The van der Waals surface area contributed by atoms with Crippen LogP contribution >= 0.6 is 0 Å². The van der Waals surface area contributed by atoms with E-state index in [-0.39, 0.29) is 18.9 Å². The van der Waals surface area contributed by atoms with E-state index < -0.39 is 11.8 Å². The quantitative estimate of drug-likeness (QED) is 0.350. The first-order valence-electron chi connectivity index (χ1n) is 11.0. The normalized spacial score (nSPS) is 10.8. The van der Waals surface area contributed by atoms with Crippen LogP contribution in [0.2, 0.25) is 0 Å². The van der Waals surface area contributed by atoms with Crippen LogP contribution in [0.15, 0.2) is 78.9 Å². The number of fused-ring (bicyclic) bond motifs is 1. The third-order valence-corrected chi connectivity index (χ3v) is 5.53. The van der Waals surface area contributed by atoms with E-state index in [0.29, 0.717) is 34.9 Å². The van der Waals surface area contributed by atoms with Gasteiger partial charge in [0, 0.05) is 24.2 Å². The van der Waals surface area contributed by atoms with Gasteiger partial charge < -0.3 is 10.4 Å². The number of carboxylic acid groups (broad SMARTS) is 1. The number of hydrogen-bond acceptors (Lipinski definition) is 3. The molecule has 0 aliphatic heterocycles. The first-order chi connectivity index (χ1) is 16.4. The number of nitrogens with one attached hydrogen (secondary N) is 1. The third-order valence-electron chi connectivity index (χ3n) is 5.53. The molecule has 0 aliphatic carbocycles. The number of nitrogens with zero attached hydrogens (tertiary/aromatic N) is 2. The number of aryl methyl sites for hydroxylation is 1. The SMILES string of the molecule is CCN(C(=O)Nc1ccc2ccccc2c1)c1cccc(-c2ccc(CCC(=O)O)c(F)c2)n1. The Kier molecular flexibility index (Phi) is 6.82. The van der Waals surface area contributed by atoms with Gasteiger partial charge in [0.25, 0.3) is 0 Å². The number of anilines is 2. The van der Waals surface area contributed by atoms with E-state index in [1.807, 2.05) is 49.4 Å². The molecule has 0 radical (unpaired) electrons. The van der Waals surface area contributed by atoms with Crippen LogP contribution in [0.25, 0.3) is 22.0 Å². The van der Waals surface area contributed by atoms with Crippen molar-refractivity contribution >= 4 is 34.3 Å². The number of rotatable bonds is 7. The lowest BCUT2D eigenvalue weighted by Crippen LogP contribution is -2.35. The minimum Gasteiger partial charge on any atom is -0.481 e. The van der Waals surface area contributed by atoms with Gasteiger partial charge in [-0.25, -0.2) is 14.2 Å². The van der Waals surface area contributed by atoms with Gasteiger partial charge in [-0.1, -0.05) is 48.5 Å². The largest absolute Gasteiger partial charge is 0.481 e. The Morgan fingerprint density at radius 1 is 0.971 bits per heavy atom. The zero-order valence-electron chi connectivity index (χ0n) is 18.7. The number of aliphatic carboxylic acids is 1. The molecule has 4 aromatic rings. The molecule has 0 aliphatic rings. The van der Waals surface area contributed by atoms with E-state index >= 15 is 0 Å². The lowest BCUT2D eigenvalue weighted by molar-refractivity contribution is -0.136. The molecular formula is C27H24FN3O3. The van der Waals surface area contributed by atoms with Crippen molar-refractivity contribution in [3.05, 3.63) is 90.2 Å². The fourth-order valence-corrected chi connectivity index (χ4v) is 3.75. The summed E-state index contributed by atoms with van der Waals surface area (Å²) < 4.78 is 14.5. The van der Waals surface area contributed by atoms with Crippen LogP contribution in [0.5, 0.6) is 0 Å². The fraction of sp³-hybridized carbons (Fsp3) is 0.148. The van der Waals surface area contributed by atoms with Crippen LogP contribution < -0.4 is 10.2 Å². The summed E-state index contributed by atoms with van der Waals surface area (Å²) in [5.74, 6) is -1.01. The van der Waals surface area contributed by atoms with Crippen LogP contribution in [-0.4, -0.2) is 28.6 Å². The zero-order chi connectivity index (χ0) is 24.1. The molecule has 0 saturated carbocycles. The number of carboxylic acids is 1. The average Bonchev–Trinajstić information content (AvgIpc) is 2.83. The number of carbonyl (C=O) groups excluding carboxylic acids is 1. The fourth-order valence-electron chi connectivity index (χ4n) is 3.75. The molecule has 172 valence electrons. The monoisotopic (exact) mass is 457 g/mol. The van der Waals surface area contributed by atoms with Gasteiger partial charge in [0.2, 0.25) is 0 Å². The molecule has 2 amide bonds. The van der Waals surface area contributed by atoms with Gasteiger partial charge in [0.15, 0.2) is 0 Å². The molecule has 1 heterocycles. The number of urea groups is 1. The lowest BCUT2D eigenvalue weighted by atomic mass is 10.0. The van der Waals surface area contributed by atoms with Crippen molar-refractivity contribution in [3.8, 4) is 11.3 Å². The van der Waals surface area contributed by atoms with E-state index in [1.165, 1.54) is 11.0 Å². The van der Waals surface area contributed by atoms with Crippen molar-refractivity contribution in [2.75, 3.05) is 16.8 Å². The van der Waals surface area contributed by atoms with Crippen molar-refractivity contribution in [1.82, 2.24) is 4.98 Å². The first-order valence-corrected chi connectivity index (χ1v) is 11.0. The Hall–Kier alpha value is -4.26. The third kappa shape index (κ3) is 5.20. The molecule has 0 saturated heterocycles. The van der Waals surface area contributed by atoms with Gasteiger partial charge in [-0.15, -0.1) is 0 Å². The Labute approximate surface area is 196 Å². The van der Waals surface area contributed by atoms with Crippen LogP contribution in [0, 0.1) is 5.82 Å². The predicted molar refractivity (Wildman–Crippen MR) is 132 cm³/mol. The average molecular weight is 458 g/mol. The second kappa shape index (κ2) is 10.1. The van der Waals surface area contributed by atoms with Crippen molar-refractivity contribution < 1.29 is 19.1 Å². The highest BCUT2D eigenvalue weighted by molar-refractivity contribution is 6.02. The van der Waals surface area contributed by atoms with Crippen LogP contribution in [0.3, 0.4) is 0 Å². The first kappa shape index (κ1) is 22.9. The molecule has 3 aromatic carbocycles. The molecule has 0 bridgehead atoms. The maximum atomic E-state index is 14.5. The minimum absolute atomic E-state index is 0.119. The summed E-state index contributed by atoms with van der Waals surface area (Å²) >= 11 is 0. The molecule has 2 N–H and O–H groups in total. The summed E-state index contributed by atoms with van der Waals surface area (Å²) in [5.41, 5.74) is 2.08. The van der Waals surface area contributed by atoms with E-state index in [9.17, 15) is 14.0 Å². The molecular weight excluding hydrogens is 433 g/mol.